The molecule has 0 radical (unpaired) electrons. The lowest BCUT2D eigenvalue weighted by molar-refractivity contribution is -0.133. The Balaban J connectivity index is 2.85. The van der Waals surface area contributed by atoms with Crippen molar-refractivity contribution in [1.29, 1.82) is 0 Å². The van der Waals surface area contributed by atoms with Gasteiger partial charge < -0.3 is 15.3 Å². The van der Waals surface area contributed by atoms with Gasteiger partial charge in [-0.3, -0.25) is 4.79 Å². The van der Waals surface area contributed by atoms with Crippen LogP contribution in [0.25, 0.3) is 0 Å². The number of nitrogens with one attached hydrogen (secondary N) is 1. The second-order valence-corrected chi connectivity index (χ2v) is 6.32. The Labute approximate surface area is 95.5 Å². The van der Waals surface area contributed by atoms with Crippen molar-refractivity contribution in [1.82, 2.24) is 10.2 Å². The molecule has 7 heteroatoms. The van der Waals surface area contributed by atoms with Crippen LogP contribution in [0.1, 0.15) is 6.92 Å². The maximum atomic E-state index is 11.9. The third-order valence-electron chi connectivity index (χ3n) is 2.54. The third-order valence-corrected chi connectivity index (χ3v) is 4.18. The minimum Gasteiger partial charge on any atom is -0.392 e. The first-order valence-electron chi connectivity index (χ1n) is 5.20. The Morgan fingerprint density at radius 1 is 1.62 bits per heavy atom. The predicted molar refractivity (Wildman–Crippen MR) is 59.8 cm³/mol. The number of aliphatic hydroxyl groups excluding tert-OH is 1. The Morgan fingerprint density at radius 3 is 2.75 bits per heavy atom. The monoisotopic (exact) mass is 250 g/mol. The maximum Gasteiger partial charge on any atom is 0.240 e. The van der Waals surface area contributed by atoms with Crippen molar-refractivity contribution in [3.8, 4) is 0 Å². The van der Waals surface area contributed by atoms with Gasteiger partial charge in [0.25, 0.3) is 0 Å². The normalized spacial score (nSPS) is 27.6. The number of likely N-dealkylation sites (N-methyl/N-ethyl adjacent to an activating group) is 1. The van der Waals surface area contributed by atoms with E-state index in [2.05, 4.69) is 5.32 Å². The van der Waals surface area contributed by atoms with Crippen LogP contribution in [0, 0.1) is 0 Å². The number of amides is 1. The van der Waals surface area contributed by atoms with Gasteiger partial charge in [0.15, 0.2) is 9.84 Å². The number of nitrogens with zero attached hydrogens (tertiary/aromatic N) is 1. The third kappa shape index (κ3) is 3.43. The van der Waals surface area contributed by atoms with Crippen LogP contribution in [-0.4, -0.2) is 68.1 Å². The molecule has 1 amide bonds. The van der Waals surface area contributed by atoms with Crippen LogP contribution in [-0.2, 0) is 14.6 Å². The number of carbonyl (C=O) groups is 1. The molecule has 2 atom stereocenters. The molecule has 1 aliphatic rings. The summed E-state index contributed by atoms with van der Waals surface area (Å²) >= 11 is 0. The molecule has 94 valence electrons. The minimum atomic E-state index is -3.19. The van der Waals surface area contributed by atoms with Crippen molar-refractivity contribution in [2.24, 2.45) is 0 Å². The average molecular weight is 250 g/mol. The molecule has 0 aromatic heterocycles. The van der Waals surface area contributed by atoms with E-state index < -0.39 is 22.0 Å². The van der Waals surface area contributed by atoms with Crippen molar-refractivity contribution in [3.63, 3.8) is 0 Å². The Bertz CT molecular complexity index is 353. The zero-order valence-electron chi connectivity index (χ0n) is 9.51. The van der Waals surface area contributed by atoms with Gasteiger partial charge in [0, 0.05) is 13.1 Å². The fourth-order valence-electron chi connectivity index (χ4n) is 1.70. The van der Waals surface area contributed by atoms with E-state index in [1.165, 1.54) is 4.90 Å². The van der Waals surface area contributed by atoms with Crippen LogP contribution < -0.4 is 5.32 Å². The standard InChI is InChI=1S/C9H18N2O4S/c1-7(12)5-11-3-4-16(14,15)6-8(10-2)9(11)13/h7-8,10,12H,3-6H2,1-2H3. The molecule has 0 bridgehead atoms. The summed E-state index contributed by atoms with van der Waals surface area (Å²) in [5, 5.41) is 11.9. The van der Waals surface area contributed by atoms with E-state index in [-0.39, 0.29) is 30.5 Å². The van der Waals surface area contributed by atoms with Crippen molar-refractivity contribution in [3.05, 3.63) is 0 Å². The highest BCUT2D eigenvalue weighted by molar-refractivity contribution is 7.91. The van der Waals surface area contributed by atoms with E-state index in [9.17, 15) is 18.3 Å². The number of hydrogen-bond acceptors (Lipinski definition) is 5. The van der Waals surface area contributed by atoms with Gasteiger partial charge in [-0.15, -0.1) is 0 Å². The lowest BCUT2D eigenvalue weighted by atomic mass is 10.2. The largest absolute Gasteiger partial charge is 0.392 e. The van der Waals surface area contributed by atoms with Gasteiger partial charge in [0.1, 0.15) is 6.04 Å². The second-order valence-electron chi connectivity index (χ2n) is 4.09. The molecule has 0 aromatic carbocycles. The first-order chi connectivity index (χ1) is 7.35. The Morgan fingerprint density at radius 2 is 2.25 bits per heavy atom. The predicted octanol–water partition coefficient (Wildman–Crippen LogP) is -1.79. The molecule has 0 spiro atoms. The van der Waals surface area contributed by atoms with E-state index in [4.69, 9.17) is 0 Å². The molecule has 1 rings (SSSR count). The number of sulfone groups is 1. The van der Waals surface area contributed by atoms with E-state index in [0.717, 1.165) is 0 Å². The van der Waals surface area contributed by atoms with Gasteiger partial charge in [-0.05, 0) is 14.0 Å². The van der Waals surface area contributed by atoms with Gasteiger partial charge in [-0.1, -0.05) is 0 Å². The van der Waals surface area contributed by atoms with Crippen molar-refractivity contribution in [2.75, 3.05) is 31.6 Å². The summed E-state index contributed by atoms with van der Waals surface area (Å²) in [5.41, 5.74) is 0. The average Bonchev–Trinajstić information content (AvgIpc) is 2.28. The lowest BCUT2D eigenvalue weighted by Gasteiger charge is -2.24. The van der Waals surface area contributed by atoms with Crippen LogP contribution in [0.5, 0.6) is 0 Å². The second kappa shape index (κ2) is 5.11. The summed E-state index contributed by atoms with van der Waals surface area (Å²) in [6, 6.07) is -0.703. The zero-order valence-corrected chi connectivity index (χ0v) is 10.3. The topological polar surface area (TPSA) is 86.7 Å². The summed E-state index contributed by atoms with van der Waals surface area (Å²) < 4.78 is 23.1. The number of β-amino-alcohol motifs (C(OH)–C–C–N with tert-alkyl or cyclic N) is 1. The van der Waals surface area contributed by atoms with Crippen molar-refractivity contribution in [2.45, 2.75) is 19.1 Å². The van der Waals surface area contributed by atoms with Crippen LogP contribution in [0.3, 0.4) is 0 Å². The van der Waals surface area contributed by atoms with Crippen LogP contribution >= 0.6 is 0 Å². The molecule has 0 aliphatic carbocycles. The number of aliphatic hydroxyl groups is 1. The molecule has 2 unspecified atom stereocenters. The molecule has 1 heterocycles. The molecule has 1 aliphatic heterocycles. The maximum absolute atomic E-state index is 11.9. The first-order valence-corrected chi connectivity index (χ1v) is 7.02. The number of hydrogen-bond donors (Lipinski definition) is 2. The smallest absolute Gasteiger partial charge is 0.240 e. The van der Waals surface area contributed by atoms with Crippen LogP contribution in [0.2, 0.25) is 0 Å². The fraction of sp³-hybridized carbons (Fsp3) is 0.889. The fourth-order valence-corrected chi connectivity index (χ4v) is 3.18. The number of rotatable bonds is 3. The lowest BCUT2D eigenvalue weighted by Crippen LogP contribution is -2.48. The molecular formula is C9H18N2O4S. The minimum absolute atomic E-state index is 0.0381. The Hall–Kier alpha value is -0.660. The van der Waals surface area contributed by atoms with Crippen LogP contribution in [0.15, 0.2) is 0 Å². The first kappa shape index (κ1) is 13.4. The SMILES string of the molecule is CNC1CS(=O)(=O)CCN(CC(C)O)C1=O. The highest BCUT2D eigenvalue weighted by atomic mass is 32.2. The highest BCUT2D eigenvalue weighted by Gasteiger charge is 2.32. The van der Waals surface area contributed by atoms with Gasteiger partial charge in [-0.25, -0.2) is 8.42 Å². The summed E-state index contributed by atoms with van der Waals surface area (Å²) in [5.74, 6) is -0.466. The van der Waals surface area contributed by atoms with Gasteiger partial charge >= 0.3 is 0 Å². The molecule has 2 N–H and O–H groups in total. The molecule has 1 saturated heterocycles. The summed E-state index contributed by atoms with van der Waals surface area (Å²) in [7, 11) is -1.63. The highest BCUT2D eigenvalue weighted by Crippen LogP contribution is 2.08. The summed E-state index contributed by atoms with van der Waals surface area (Å²) in [6.07, 6.45) is -0.651. The van der Waals surface area contributed by atoms with E-state index in [1.807, 2.05) is 0 Å². The summed E-state index contributed by atoms with van der Waals surface area (Å²) in [6.45, 7) is 1.90. The quantitative estimate of drug-likeness (QED) is 0.618. The molecule has 16 heavy (non-hydrogen) atoms. The molecule has 0 aromatic rings. The Kier molecular flexibility index (Phi) is 4.28. The van der Waals surface area contributed by atoms with E-state index in [1.54, 1.807) is 14.0 Å². The zero-order chi connectivity index (χ0) is 12.3. The molecular weight excluding hydrogens is 232 g/mol. The summed E-state index contributed by atoms with van der Waals surface area (Å²) in [4.78, 5) is 13.3. The van der Waals surface area contributed by atoms with E-state index >= 15 is 0 Å². The van der Waals surface area contributed by atoms with Crippen LogP contribution in [0.4, 0.5) is 0 Å². The van der Waals surface area contributed by atoms with Gasteiger partial charge in [-0.2, -0.15) is 0 Å². The molecule has 0 saturated carbocycles. The van der Waals surface area contributed by atoms with E-state index in [0.29, 0.717) is 0 Å². The van der Waals surface area contributed by atoms with Gasteiger partial charge in [0.05, 0.1) is 17.6 Å². The van der Waals surface area contributed by atoms with Crippen molar-refractivity contribution < 1.29 is 18.3 Å². The van der Waals surface area contributed by atoms with Gasteiger partial charge in [0.2, 0.25) is 5.91 Å². The number of carbonyl (C=O) groups excluding carboxylic acids is 1. The molecule has 1 fully saturated rings. The molecule has 6 nitrogen and oxygen atoms in total. The van der Waals surface area contributed by atoms with Crippen molar-refractivity contribution >= 4 is 15.7 Å².